The number of anilines is 3. The minimum atomic E-state index is -0.438. The summed E-state index contributed by atoms with van der Waals surface area (Å²) in [5.74, 6) is 0. The molecule has 0 heterocycles. The molecule has 0 N–H and O–H groups in total. The molecule has 0 amide bonds. The lowest BCUT2D eigenvalue weighted by molar-refractivity contribution is 0.660. The van der Waals surface area contributed by atoms with Crippen molar-refractivity contribution in [3.05, 3.63) is 246 Å². The molecule has 0 aliphatic heterocycles. The Hall–Kier alpha value is -7.22. The van der Waals surface area contributed by atoms with Gasteiger partial charge in [-0.05, 0) is 131 Å². The Morgan fingerprint density at radius 2 is 0.695 bits per heavy atom. The molecular formula is C58H41N. The fourth-order valence-electron chi connectivity index (χ4n) is 10.8. The van der Waals surface area contributed by atoms with Gasteiger partial charge in [0.2, 0.25) is 0 Å². The van der Waals surface area contributed by atoms with Crippen LogP contribution in [0.1, 0.15) is 47.2 Å². The lowest BCUT2D eigenvalue weighted by Gasteiger charge is -2.32. The van der Waals surface area contributed by atoms with E-state index in [1.54, 1.807) is 0 Å². The van der Waals surface area contributed by atoms with Crippen molar-refractivity contribution in [2.75, 3.05) is 4.90 Å². The third kappa shape index (κ3) is 4.79. The molecule has 0 bridgehead atoms. The number of fused-ring (bicyclic) bond motifs is 13. The zero-order valence-corrected chi connectivity index (χ0v) is 33.2. The van der Waals surface area contributed by atoms with Gasteiger partial charge >= 0.3 is 0 Å². The Morgan fingerprint density at radius 1 is 0.271 bits per heavy atom. The minimum Gasteiger partial charge on any atom is -0.310 e. The second kappa shape index (κ2) is 12.6. The smallest absolute Gasteiger partial charge is 0.0725 e. The van der Waals surface area contributed by atoms with E-state index in [4.69, 9.17) is 0 Å². The van der Waals surface area contributed by atoms with E-state index in [0.29, 0.717) is 0 Å². The second-order valence-corrected chi connectivity index (χ2v) is 16.8. The number of rotatable bonds is 5. The Labute approximate surface area is 346 Å². The zero-order chi connectivity index (χ0) is 39.3. The molecule has 0 fully saturated rings. The van der Waals surface area contributed by atoms with Gasteiger partial charge in [0.25, 0.3) is 0 Å². The van der Waals surface area contributed by atoms with E-state index in [2.05, 4.69) is 231 Å². The third-order valence-electron chi connectivity index (χ3n) is 13.5. The van der Waals surface area contributed by atoms with E-state index >= 15 is 0 Å². The van der Waals surface area contributed by atoms with Gasteiger partial charge < -0.3 is 4.90 Å². The number of nitrogens with zero attached hydrogens (tertiary/aromatic N) is 1. The molecule has 59 heavy (non-hydrogen) atoms. The van der Waals surface area contributed by atoms with Gasteiger partial charge in [-0.3, -0.25) is 0 Å². The summed E-state index contributed by atoms with van der Waals surface area (Å²) in [5, 5.41) is 0. The van der Waals surface area contributed by atoms with Crippen molar-refractivity contribution in [2.45, 2.75) is 24.7 Å². The molecule has 9 aromatic rings. The SMILES string of the molecule is CC1(C)c2ccccc2-c2ccc(N(c3ccc(-c4ccccc4)cc3)c3ccc4c(c3)-c3ccccc3C43c4ccccc4-c4ccc(-c5ccccc5)cc43)cc21. The van der Waals surface area contributed by atoms with Crippen LogP contribution in [0.3, 0.4) is 0 Å². The molecule has 3 aliphatic carbocycles. The van der Waals surface area contributed by atoms with E-state index in [1.165, 1.54) is 89.0 Å². The maximum absolute atomic E-state index is 2.47. The van der Waals surface area contributed by atoms with Crippen molar-refractivity contribution >= 4 is 17.1 Å². The summed E-state index contributed by atoms with van der Waals surface area (Å²) in [6, 6.07) is 79.2. The van der Waals surface area contributed by atoms with Crippen molar-refractivity contribution in [3.8, 4) is 55.6 Å². The Kier molecular flexibility index (Phi) is 7.26. The van der Waals surface area contributed by atoms with E-state index in [-0.39, 0.29) is 5.41 Å². The van der Waals surface area contributed by atoms with Crippen LogP contribution in [0, 0.1) is 0 Å². The first kappa shape index (κ1) is 33.9. The highest BCUT2D eigenvalue weighted by atomic mass is 15.1. The minimum absolute atomic E-state index is 0.115. The van der Waals surface area contributed by atoms with Gasteiger partial charge in [0.05, 0.1) is 5.41 Å². The first-order chi connectivity index (χ1) is 29.0. The van der Waals surface area contributed by atoms with E-state index in [1.807, 2.05) is 0 Å². The average molecular weight is 752 g/mol. The van der Waals surface area contributed by atoms with Gasteiger partial charge in [0.1, 0.15) is 0 Å². The Bertz CT molecular complexity index is 3120. The summed E-state index contributed by atoms with van der Waals surface area (Å²) in [7, 11) is 0. The van der Waals surface area contributed by atoms with Crippen LogP contribution in [0.2, 0.25) is 0 Å². The van der Waals surface area contributed by atoms with Crippen LogP contribution < -0.4 is 4.90 Å². The van der Waals surface area contributed by atoms with Crippen LogP contribution in [0.15, 0.2) is 212 Å². The Morgan fingerprint density at radius 3 is 1.37 bits per heavy atom. The third-order valence-corrected chi connectivity index (χ3v) is 13.5. The second-order valence-electron chi connectivity index (χ2n) is 16.8. The topological polar surface area (TPSA) is 3.24 Å². The van der Waals surface area contributed by atoms with Crippen LogP contribution in [0.5, 0.6) is 0 Å². The molecule has 1 unspecified atom stereocenters. The lowest BCUT2D eigenvalue weighted by atomic mass is 9.70. The molecule has 3 aliphatic rings. The first-order valence-electron chi connectivity index (χ1n) is 20.8. The number of hydrogen-bond donors (Lipinski definition) is 0. The summed E-state index contributed by atoms with van der Waals surface area (Å²) in [6.45, 7) is 4.74. The molecule has 0 saturated carbocycles. The van der Waals surface area contributed by atoms with Crippen molar-refractivity contribution in [2.24, 2.45) is 0 Å². The Balaban J connectivity index is 1.07. The van der Waals surface area contributed by atoms with Gasteiger partial charge in [-0.15, -0.1) is 0 Å². The van der Waals surface area contributed by atoms with Crippen LogP contribution in [-0.4, -0.2) is 0 Å². The summed E-state index contributed by atoms with van der Waals surface area (Å²) < 4.78 is 0. The molecule has 1 atom stereocenters. The highest BCUT2D eigenvalue weighted by Gasteiger charge is 2.51. The fourth-order valence-corrected chi connectivity index (χ4v) is 10.8. The average Bonchev–Trinajstić information content (AvgIpc) is 3.85. The van der Waals surface area contributed by atoms with Gasteiger partial charge in [-0.25, -0.2) is 0 Å². The monoisotopic (exact) mass is 751 g/mol. The molecule has 9 aromatic carbocycles. The first-order valence-corrected chi connectivity index (χ1v) is 20.8. The highest BCUT2D eigenvalue weighted by Crippen LogP contribution is 2.64. The zero-order valence-electron chi connectivity index (χ0n) is 33.2. The molecule has 1 spiro atoms. The number of benzene rings is 9. The summed E-state index contributed by atoms with van der Waals surface area (Å²) in [5.41, 5.74) is 23.8. The molecule has 12 rings (SSSR count). The predicted molar refractivity (Wildman–Crippen MR) is 246 cm³/mol. The van der Waals surface area contributed by atoms with Gasteiger partial charge in [-0.2, -0.15) is 0 Å². The van der Waals surface area contributed by atoms with Crippen LogP contribution in [0.25, 0.3) is 55.6 Å². The summed E-state index contributed by atoms with van der Waals surface area (Å²) in [6.07, 6.45) is 0. The molecule has 278 valence electrons. The van der Waals surface area contributed by atoms with Crippen LogP contribution in [-0.2, 0) is 10.8 Å². The van der Waals surface area contributed by atoms with E-state index < -0.39 is 5.41 Å². The molecule has 1 heteroatoms. The van der Waals surface area contributed by atoms with E-state index in [9.17, 15) is 0 Å². The molecule has 1 nitrogen and oxygen atoms in total. The normalized spacial score (nSPS) is 15.8. The summed E-state index contributed by atoms with van der Waals surface area (Å²) in [4.78, 5) is 2.46. The van der Waals surface area contributed by atoms with E-state index in [0.717, 1.165) is 17.1 Å². The van der Waals surface area contributed by atoms with Crippen molar-refractivity contribution in [3.63, 3.8) is 0 Å². The molecule has 0 saturated heterocycles. The molecule has 0 radical (unpaired) electrons. The van der Waals surface area contributed by atoms with Gasteiger partial charge in [0, 0.05) is 22.5 Å². The maximum Gasteiger partial charge on any atom is 0.0725 e. The fraction of sp³-hybridized carbons (Fsp3) is 0.0690. The van der Waals surface area contributed by atoms with Crippen molar-refractivity contribution < 1.29 is 0 Å². The molecular weight excluding hydrogens is 711 g/mol. The van der Waals surface area contributed by atoms with Crippen molar-refractivity contribution in [1.82, 2.24) is 0 Å². The summed E-state index contributed by atoms with van der Waals surface area (Å²) >= 11 is 0. The van der Waals surface area contributed by atoms with Crippen LogP contribution in [0.4, 0.5) is 17.1 Å². The van der Waals surface area contributed by atoms with Gasteiger partial charge in [-0.1, -0.05) is 184 Å². The quantitative estimate of drug-likeness (QED) is 0.169. The van der Waals surface area contributed by atoms with Crippen molar-refractivity contribution in [1.29, 1.82) is 0 Å². The maximum atomic E-state index is 2.47. The largest absolute Gasteiger partial charge is 0.310 e. The highest BCUT2D eigenvalue weighted by molar-refractivity contribution is 5.97. The lowest BCUT2D eigenvalue weighted by Crippen LogP contribution is -2.26. The predicted octanol–water partition coefficient (Wildman–Crippen LogP) is 15.1. The van der Waals surface area contributed by atoms with Crippen LogP contribution >= 0.6 is 0 Å². The molecule has 0 aromatic heterocycles. The standard InChI is InChI=1S/C58H41N/c1-57(2)51-22-12-9-19-45(51)48-33-30-44(37-55(48)57)59(42-28-25-40(26-29-42)38-15-5-3-6-16-38)43-31-34-54-50(36-43)47-21-11-14-24-53(47)58(54)52-23-13-10-20-46(52)49-32-27-41(35-56(49)58)39-17-7-4-8-18-39/h3-37H,1-2H3. The van der Waals surface area contributed by atoms with Gasteiger partial charge in [0.15, 0.2) is 0 Å². The number of hydrogen-bond acceptors (Lipinski definition) is 1.